The normalized spacial score (nSPS) is 13.2. The number of rotatable bonds is 5. The second kappa shape index (κ2) is 7.28. The molecular weight excluding hydrogens is 276 g/mol. The van der Waals surface area contributed by atoms with Crippen LogP contribution >= 0.6 is 0 Å². The van der Waals surface area contributed by atoms with Gasteiger partial charge in [0.2, 0.25) is 5.91 Å². The Kier molecular flexibility index (Phi) is 6.66. The zero-order valence-electron chi connectivity index (χ0n) is 13.6. The van der Waals surface area contributed by atoms with Gasteiger partial charge in [0.1, 0.15) is 11.2 Å². The molecule has 1 atom stereocenters. The third kappa shape index (κ3) is 11.7. The van der Waals surface area contributed by atoms with Gasteiger partial charge < -0.3 is 20.5 Å². The number of primary amides is 1. The van der Waals surface area contributed by atoms with E-state index in [1.54, 1.807) is 41.5 Å². The fourth-order valence-electron chi connectivity index (χ4n) is 1.48. The van der Waals surface area contributed by atoms with Crippen molar-refractivity contribution in [2.45, 2.75) is 71.6 Å². The first-order valence-electron chi connectivity index (χ1n) is 6.78. The Morgan fingerprint density at radius 3 is 1.81 bits per heavy atom. The highest BCUT2D eigenvalue weighted by Gasteiger charge is 2.25. The SMILES string of the molecule is CC(C)(C)OC(=O)C[C@H](CC(N)=O)NC(=O)OC(C)(C)C. The molecule has 21 heavy (non-hydrogen) atoms. The van der Waals surface area contributed by atoms with Gasteiger partial charge in [-0.25, -0.2) is 4.79 Å². The topological polar surface area (TPSA) is 108 Å². The summed E-state index contributed by atoms with van der Waals surface area (Å²) in [5.74, 6) is -1.15. The first-order chi connectivity index (χ1) is 9.28. The molecule has 7 heteroatoms. The Bertz CT molecular complexity index is 363. The number of hydrogen-bond donors (Lipinski definition) is 2. The number of alkyl carbamates (subject to hydrolysis) is 1. The summed E-state index contributed by atoms with van der Waals surface area (Å²) in [5.41, 5.74) is 3.80. The van der Waals surface area contributed by atoms with Gasteiger partial charge in [0, 0.05) is 6.42 Å². The van der Waals surface area contributed by atoms with Gasteiger partial charge >= 0.3 is 12.1 Å². The highest BCUT2D eigenvalue weighted by molar-refractivity contribution is 5.78. The fourth-order valence-corrected chi connectivity index (χ4v) is 1.48. The largest absolute Gasteiger partial charge is 0.460 e. The molecule has 0 aromatic heterocycles. The molecule has 0 aliphatic heterocycles. The van der Waals surface area contributed by atoms with E-state index in [9.17, 15) is 14.4 Å². The second-order valence-electron chi connectivity index (χ2n) is 6.80. The molecule has 0 fully saturated rings. The summed E-state index contributed by atoms with van der Waals surface area (Å²) in [6.45, 7) is 10.3. The van der Waals surface area contributed by atoms with Crippen LogP contribution in [0, 0.1) is 0 Å². The zero-order chi connectivity index (χ0) is 16.8. The van der Waals surface area contributed by atoms with Crippen LogP contribution in [-0.4, -0.2) is 35.2 Å². The standard InChI is InChI=1S/C14H26N2O5/c1-13(2,3)20-11(18)8-9(7-10(15)17)16-12(19)21-14(4,5)6/h9H,7-8H2,1-6H3,(H2,15,17)(H,16,19)/t9-/m0/s1. The zero-order valence-corrected chi connectivity index (χ0v) is 13.6. The average molecular weight is 302 g/mol. The molecule has 122 valence electrons. The molecule has 0 spiro atoms. The van der Waals surface area contributed by atoms with Crippen molar-refractivity contribution in [1.29, 1.82) is 0 Å². The summed E-state index contributed by atoms with van der Waals surface area (Å²) in [6.07, 6.45) is -1.03. The van der Waals surface area contributed by atoms with Gasteiger partial charge in [-0.05, 0) is 41.5 Å². The summed E-state index contributed by atoms with van der Waals surface area (Å²) in [6, 6.07) is -0.757. The minimum absolute atomic E-state index is 0.153. The van der Waals surface area contributed by atoms with E-state index >= 15 is 0 Å². The minimum atomic E-state index is -0.757. The number of hydrogen-bond acceptors (Lipinski definition) is 5. The monoisotopic (exact) mass is 302 g/mol. The number of esters is 1. The summed E-state index contributed by atoms with van der Waals surface area (Å²) < 4.78 is 10.2. The van der Waals surface area contributed by atoms with Gasteiger partial charge in [-0.2, -0.15) is 0 Å². The molecule has 0 bridgehead atoms. The number of amides is 2. The Balaban J connectivity index is 4.63. The smallest absolute Gasteiger partial charge is 0.407 e. The van der Waals surface area contributed by atoms with Crippen LogP contribution in [0.5, 0.6) is 0 Å². The van der Waals surface area contributed by atoms with Crippen molar-refractivity contribution in [1.82, 2.24) is 5.32 Å². The van der Waals surface area contributed by atoms with Crippen LogP contribution in [0.25, 0.3) is 0 Å². The molecule has 0 unspecified atom stereocenters. The van der Waals surface area contributed by atoms with E-state index in [2.05, 4.69) is 5.32 Å². The van der Waals surface area contributed by atoms with Crippen LogP contribution in [0.15, 0.2) is 0 Å². The van der Waals surface area contributed by atoms with Crippen molar-refractivity contribution < 1.29 is 23.9 Å². The van der Waals surface area contributed by atoms with E-state index in [4.69, 9.17) is 15.2 Å². The van der Waals surface area contributed by atoms with E-state index < -0.39 is 35.2 Å². The molecule has 0 heterocycles. The lowest BCUT2D eigenvalue weighted by molar-refractivity contribution is -0.155. The third-order valence-electron chi connectivity index (χ3n) is 2.00. The van der Waals surface area contributed by atoms with Crippen molar-refractivity contribution in [3.05, 3.63) is 0 Å². The summed E-state index contributed by atoms with van der Waals surface area (Å²) in [5, 5.41) is 2.46. The molecule has 0 aliphatic rings. The van der Waals surface area contributed by atoms with Crippen LogP contribution in [0.3, 0.4) is 0 Å². The van der Waals surface area contributed by atoms with Crippen molar-refractivity contribution >= 4 is 18.0 Å². The molecule has 0 aliphatic carbocycles. The summed E-state index contributed by atoms with van der Waals surface area (Å²) in [4.78, 5) is 34.5. The van der Waals surface area contributed by atoms with Crippen molar-refractivity contribution in [2.24, 2.45) is 5.73 Å². The van der Waals surface area contributed by atoms with Crippen molar-refractivity contribution in [2.75, 3.05) is 0 Å². The molecule has 0 rings (SSSR count). The predicted molar refractivity (Wildman–Crippen MR) is 77.4 cm³/mol. The molecule has 7 nitrogen and oxygen atoms in total. The number of nitrogens with two attached hydrogens (primary N) is 1. The molecule has 0 aromatic rings. The number of ether oxygens (including phenoxy) is 2. The van der Waals surface area contributed by atoms with Gasteiger partial charge in [0.25, 0.3) is 0 Å². The fraction of sp³-hybridized carbons (Fsp3) is 0.786. The Hall–Kier alpha value is -1.79. The second-order valence-corrected chi connectivity index (χ2v) is 6.80. The average Bonchev–Trinajstić information content (AvgIpc) is 2.07. The first kappa shape index (κ1) is 19.2. The lowest BCUT2D eigenvalue weighted by atomic mass is 10.1. The van der Waals surface area contributed by atoms with Gasteiger partial charge in [0.05, 0.1) is 12.5 Å². The summed E-state index contributed by atoms with van der Waals surface area (Å²) in [7, 11) is 0. The van der Waals surface area contributed by atoms with Gasteiger partial charge in [-0.3, -0.25) is 9.59 Å². The van der Waals surface area contributed by atoms with Gasteiger partial charge in [-0.15, -0.1) is 0 Å². The lowest BCUT2D eigenvalue weighted by Gasteiger charge is -2.24. The van der Waals surface area contributed by atoms with E-state index in [1.165, 1.54) is 0 Å². The van der Waals surface area contributed by atoms with Crippen LogP contribution in [0.2, 0.25) is 0 Å². The van der Waals surface area contributed by atoms with Gasteiger partial charge in [-0.1, -0.05) is 0 Å². The molecule has 2 amide bonds. The maximum Gasteiger partial charge on any atom is 0.407 e. The molecule has 0 saturated heterocycles. The molecule has 0 radical (unpaired) electrons. The van der Waals surface area contributed by atoms with Crippen molar-refractivity contribution in [3.8, 4) is 0 Å². The highest BCUT2D eigenvalue weighted by atomic mass is 16.6. The Labute approximate surface area is 125 Å². The third-order valence-corrected chi connectivity index (χ3v) is 2.00. The molecule has 0 saturated carbocycles. The number of carbonyl (C=O) groups is 3. The van der Waals surface area contributed by atoms with E-state index in [0.717, 1.165) is 0 Å². The Morgan fingerprint density at radius 2 is 1.43 bits per heavy atom. The quantitative estimate of drug-likeness (QED) is 0.748. The number of carbonyl (C=O) groups excluding carboxylic acids is 3. The van der Waals surface area contributed by atoms with E-state index in [0.29, 0.717) is 0 Å². The highest BCUT2D eigenvalue weighted by Crippen LogP contribution is 2.12. The summed E-state index contributed by atoms with van der Waals surface area (Å²) >= 11 is 0. The van der Waals surface area contributed by atoms with Crippen LogP contribution in [0.1, 0.15) is 54.4 Å². The first-order valence-corrected chi connectivity index (χ1v) is 6.78. The molecule has 0 aromatic carbocycles. The maximum atomic E-state index is 11.8. The number of nitrogens with one attached hydrogen (secondary N) is 1. The van der Waals surface area contributed by atoms with E-state index in [-0.39, 0.29) is 12.8 Å². The van der Waals surface area contributed by atoms with Crippen molar-refractivity contribution in [3.63, 3.8) is 0 Å². The lowest BCUT2D eigenvalue weighted by Crippen LogP contribution is -2.42. The molecular formula is C14H26N2O5. The molecule has 3 N–H and O–H groups in total. The van der Waals surface area contributed by atoms with Crippen LogP contribution < -0.4 is 11.1 Å². The van der Waals surface area contributed by atoms with Crippen LogP contribution in [-0.2, 0) is 19.1 Å². The van der Waals surface area contributed by atoms with Crippen LogP contribution in [0.4, 0.5) is 4.79 Å². The van der Waals surface area contributed by atoms with E-state index in [1.807, 2.05) is 0 Å². The maximum absolute atomic E-state index is 11.8. The Morgan fingerprint density at radius 1 is 0.952 bits per heavy atom. The minimum Gasteiger partial charge on any atom is -0.460 e. The van der Waals surface area contributed by atoms with Gasteiger partial charge in [0.15, 0.2) is 0 Å². The predicted octanol–water partition coefficient (Wildman–Crippen LogP) is 1.49.